The van der Waals surface area contributed by atoms with Crippen LogP contribution < -0.4 is 0 Å². The van der Waals surface area contributed by atoms with E-state index >= 15 is 0 Å². The highest BCUT2D eigenvalue weighted by atomic mass is 16.7. The van der Waals surface area contributed by atoms with Crippen molar-refractivity contribution >= 4 is 35.7 Å². The molecule has 316 valence electrons. The summed E-state index contributed by atoms with van der Waals surface area (Å²) >= 11 is 0. The first-order valence-electron chi connectivity index (χ1n) is 16.3. The Bertz CT molecular complexity index is 1360. The molecule has 1 saturated heterocycles. The number of hydrogen-bond donors (Lipinski definition) is 2. The third-order valence-corrected chi connectivity index (χ3v) is 4.45. The van der Waals surface area contributed by atoms with Crippen molar-refractivity contribution in [1.29, 1.82) is 0 Å². The molecule has 56 heavy (non-hydrogen) atoms. The predicted octanol–water partition coefficient (Wildman–Crippen LogP) is 4.00. The second kappa shape index (κ2) is 37.4. The van der Waals surface area contributed by atoms with Gasteiger partial charge in [0.1, 0.15) is 31.0 Å². The summed E-state index contributed by atoms with van der Waals surface area (Å²) in [5, 5.41) is 29.0. The second-order valence-electron chi connectivity index (χ2n) is 11.7. The van der Waals surface area contributed by atoms with Crippen molar-refractivity contribution in [2.75, 3.05) is 72.4 Å². The smallest absolute Gasteiger partial charge is 0.358 e. The van der Waals surface area contributed by atoms with Crippen molar-refractivity contribution in [2.45, 2.75) is 78.9 Å². The van der Waals surface area contributed by atoms with Crippen LogP contribution in [0.3, 0.4) is 0 Å². The summed E-state index contributed by atoms with van der Waals surface area (Å²) in [5.41, 5.74) is 30.4. The summed E-state index contributed by atoms with van der Waals surface area (Å²) in [5.74, 6) is -3.52. The van der Waals surface area contributed by atoms with Crippen molar-refractivity contribution in [2.24, 2.45) is 20.5 Å². The average Bonchev–Trinajstić information content (AvgIpc) is 3.42. The molecular weight excluding hydrogens is 754 g/mol. The number of aliphatic hydroxyl groups excluding tert-OH is 1. The molecule has 1 aliphatic rings. The molecule has 1 aliphatic heterocycles. The van der Waals surface area contributed by atoms with Crippen molar-refractivity contribution in [3.05, 3.63) is 41.8 Å². The maximum atomic E-state index is 11.1. The topological polar surface area (TPSA) is 397 Å². The number of amides is 2. The molecule has 0 unspecified atom stereocenters. The number of imide groups is 1. The van der Waals surface area contributed by atoms with E-state index in [0.717, 1.165) is 0 Å². The van der Waals surface area contributed by atoms with Crippen LogP contribution in [-0.4, -0.2) is 135 Å². The Morgan fingerprint density at radius 3 is 1.30 bits per heavy atom. The molecule has 1 fully saturated rings. The minimum Gasteiger partial charge on any atom is -0.480 e. The van der Waals surface area contributed by atoms with Crippen LogP contribution in [0.15, 0.2) is 20.5 Å². The van der Waals surface area contributed by atoms with Gasteiger partial charge in [0.2, 0.25) is 0 Å². The van der Waals surface area contributed by atoms with Crippen LogP contribution >= 0.6 is 0 Å². The lowest BCUT2D eigenvalue weighted by molar-refractivity contribution is -0.200. The predicted molar refractivity (Wildman–Crippen MR) is 192 cm³/mol. The largest absolute Gasteiger partial charge is 0.480 e. The maximum Gasteiger partial charge on any atom is 0.358 e. The molecule has 0 aromatic heterocycles. The maximum absolute atomic E-state index is 11.1. The molecule has 2 N–H and O–H groups in total. The molecule has 0 radical (unpaired) electrons. The summed E-state index contributed by atoms with van der Waals surface area (Å²) < 4.78 is 24.2. The van der Waals surface area contributed by atoms with Gasteiger partial charge in [0, 0.05) is 71.7 Å². The molecule has 0 spiro atoms. The quantitative estimate of drug-likeness (QED) is 0.0465. The van der Waals surface area contributed by atoms with Gasteiger partial charge in [0.15, 0.2) is 0 Å². The fraction of sp³-hybridized carbons (Fsp3) is 0.793. The number of nitrogens with zero attached hydrogens (tertiary/aromatic N) is 13. The van der Waals surface area contributed by atoms with E-state index in [0.29, 0.717) is 11.5 Å². The van der Waals surface area contributed by atoms with Gasteiger partial charge in [-0.05, 0) is 63.7 Å². The molecule has 1 rings (SSSR count). The summed E-state index contributed by atoms with van der Waals surface area (Å²) in [6, 6.07) is 0. The van der Waals surface area contributed by atoms with Crippen LogP contribution in [0.1, 0.15) is 67.7 Å². The molecule has 0 bridgehead atoms. The number of carbonyl (C=O) groups excluding carboxylic acids is 5. The van der Waals surface area contributed by atoms with Crippen LogP contribution in [0.25, 0.3) is 41.8 Å². The highest BCUT2D eigenvalue weighted by Gasteiger charge is 2.32. The summed E-state index contributed by atoms with van der Waals surface area (Å²) in [7, 11) is 0. The summed E-state index contributed by atoms with van der Waals surface area (Å²) in [4.78, 5) is 79.1. The number of carbonyl (C=O) groups is 6. The number of aliphatic carboxylic acids is 1. The van der Waals surface area contributed by atoms with Gasteiger partial charge in [0.05, 0.1) is 19.8 Å². The number of ether oxygens (including phenoxy) is 5. The van der Waals surface area contributed by atoms with Crippen LogP contribution in [0, 0.1) is 0 Å². The van der Waals surface area contributed by atoms with Crippen molar-refractivity contribution < 1.29 is 67.5 Å². The van der Waals surface area contributed by atoms with Crippen LogP contribution in [0.5, 0.6) is 0 Å². The zero-order chi connectivity index (χ0) is 43.8. The lowest BCUT2D eigenvalue weighted by Gasteiger charge is -2.19. The van der Waals surface area contributed by atoms with Gasteiger partial charge in [0.25, 0.3) is 11.8 Å². The van der Waals surface area contributed by atoms with Gasteiger partial charge >= 0.3 is 23.9 Å². The number of azide groups is 4. The second-order valence-corrected chi connectivity index (χ2v) is 11.7. The van der Waals surface area contributed by atoms with Crippen LogP contribution in [0.2, 0.25) is 0 Å². The average molecular weight is 806 g/mol. The standard InChI is InChI=1S/C8H10N4O5.C8H15N3O3.C7H14O2.C4H7N3O3.C2H5N3O/c9-11-10-3-4-16-5-8(15)17-12-6(13)1-2-7(12)14;1-8(2,3)14-7(12)6-13-5-4-10-11-9;1-5-6(8)9-7(2,3)4;5-7-6-1-2-10-3-4(8)9;3-5-4-1-2-6/h1-5H2;4-6H2,1-3H3;5H2,1-4H3;1-3H2,(H,8,9);6H,1-2H2. The third-order valence-electron chi connectivity index (χ3n) is 4.45. The molecule has 0 atom stereocenters. The number of aliphatic hydroxyl groups is 1. The van der Waals surface area contributed by atoms with Gasteiger partial charge in [-0.15, -0.1) is 5.06 Å². The fourth-order valence-corrected chi connectivity index (χ4v) is 2.58. The zero-order valence-electron chi connectivity index (χ0n) is 32.5. The van der Waals surface area contributed by atoms with E-state index < -0.39 is 41.9 Å². The van der Waals surface area contributed by atoms with E-state index in [1.165, 1.54) is 0 Å². The normalized spacial score (nSPS) is 11.1. The monoisotopic (exact) mass is 805 g/mol. The molecule has 2 amide bonds. The van der Waals surface area contributed by atoms with Crippen molar-refractivity contribution in [3.8, 4) is 0 Å². The molecule has 0 saturated carbocycles. The Hall–Kier alpha value is -5.90. The number of carboxylic acid groups (broad SMARTS) is 1. The Kier molecular flexibility index (Phi) is 38.0. The Balaban J connectivity index is -0.000000315. The number of hydroxylamine groups is 2. The first-order chi connectivity index (χ1) is 26.2. The molecule has 1 heterocycles. The van der Waals surface area contributed by atoms with E-state index in [9.17, 15) is 28.8 Å². The van der Waals surface area contributed by atoms with Gasteiger partial charge in [-0.3, -0.25) is 14.4 Å². The number of hydrogen-bond acceptors (Lipinski definition) is 17. The number of rotatable bonds is 19. The van der Waals surface area contributed by atoms with Crippen molar-refractivity contribution in [3.63, 3.8) is 0 Å². The number of carboxylic acids is 1. The van der Waals surface area contributed by atoms with E-state index in [1.54, 1.807) is 27.7 Å². The van der Waals surface area contributed by atoms with Gasteiger partial charge in [-0.25, -0.2) is 14.4 Å². The lowest BCUT2D eigenvalue weighted by atomic mass is 10.2. The van der Waals surface area contributed by atoms with Crippen LogP contribution in [-0.2, 0) is 57.3 Å². The Labute approximate surface area is 321 Å². The fourth-order valence-electron chi connectivity index (χ4n) is 2.58. The van der Waals surface area contributed by atoms with Gasteiger partial charge in [-0.2, -0.15) is 0 Å². The zero-order valence-corrected chi connectivity index (χ0v) is 32.5. The molecule has 0 aliphatic carbocycles. The molecule has 0 aromatic carbocycles. The SMILES string of the molecule is CC(C)(C)OC(=O)COCCN=[N+]=[N-].CCC(=O)OC(C)(C)C.[N-]=[N+]=NCCO.[N-]=[N+]=NCCOCC(=O)O.[N-]=[N+]=NCCOCC(=O)ON1C(=O)CCC1=O. The van der Waals surface area contributed by atoms with Crippen LogP contribution in [0.4, 0.5) is 0 Å². The van der Waals surface area contributed by atoms with E-state index in [1.807, 2.05) is 20.8 Å². The third kappa shape index (κ3) is 48.1. The van der Waals surface area contributed by atoms with E-state index in [2.05, 4.69) is 49.7 Å². The molecular formula is C29H51N13O14. The summed E-state index contributed by atoms with van der Waals surface area (Å²) in [6.07, 6.45) is 0.547. The van der Waals surface area contributed by atoms with Gasteiger partial charge < -0.3 is 38.7 Å². The highest BCUT2D eigenvalue weighted by molar-refractivity contribution is 6.01. The Morgan fingerprint density at radius 1 is 0.643 bits per heavy atom. The Morgan fingerprint density at radius 2 is 1.00 bits per heavy atom. The lowest BCUT2D eigenvalue weighted by Crippen LogP contribution is -2.33. The van der Waals surface area contributed by atoms with E-state index in [4.69, 9.17) is 51.3 Å². The van der Waals surface area contributed by atoms with E-state index in [-0.39, 0.29) is 90.2 Å². The minimum absolute atomic E-state index is 0.0455. The first kappa shape index (κ1) is 56.8. The molecule has 27 nitrogen and oxygen atoms in total. The molecule has 0 aromatic rings. The molecule has 27 heteroatoms. The van der Waals surface area contributed by atoms with Gasteiger partial charge in [-0.1, -0.05) is 27.4 Å². The first-order valence-corrected chi connectivity index (χ1v) is 16.3. The minimum atomic E-state index is -1.03. The highest BCUT2D eigenvalue weighted by Crippen LogP contribution is 2.12. The number of esters is 2. The van der Waals surface area contributed by atoms with Crippen molar-refractivity contribution in [1.82, 2.24) is 5.06 Å². The summed E-state index contributed by atoms with van der Waals surface area (Å²) in [6.45, 7) is 12.9.